The Labute approximate surface area is 227 Å². The molecule has 2 atom stereocenters. The first-order valence-corrected chi connectivity index (χ1v) is 12.6. The molecule has 10 heteroatoms. The lowest BCUT2D eigenvalue weighted by Crippen LogP contribution is -2.49. The molecule has 0 saturated heterocycles. The van der Waals surface area contributed by atoms with Gasteiger partial charge in [0.05, 0.1) is 18.6 Å². The summed E-state index contributed by atoms with van der Waals surface area (Å²) in [7, 11) is 0. The Balaban J connectivity index is 1.66. The summed E-state index contributed by atoms with van der Waals surface area (Å²) in [5, 5.41) is 16.8. The van der Waals surface area contributed by atoms with E-state index in [0.717, 1.165) is 15.2 Å². The van der Waals surface area contributed by atoms with E-state index >= 15 is 0 Å². The molecule has 0 unspecified atom stereocenters. The van der Waals surface area contributed by atoms with E-state index in [9.17, 15) is 23.5 Å². The van der Waals surface area contributed by atoms with E-state index in [-0.39, 0.29) is 26.0 Å². The van der Waals surface area contributed by atoms with Gasteiger partial charge in [-0.2, -0.15) is 0 Å². The standard InChI is InChI=1S/C27H28F2IN3O4/c28-20-7-19(8-21(29)13-20)11-24(25(34)15-32-14-18-4-1-5-22(30)9-18)33-27(36)12-17-3-2-6-23(10-17)37-16-26(31)35/h1-10,13,24-25,32,34H,11-12,14-16H2,(H2,31,35)(H,33,36)/t24-,25+/m0/s1. The first-order chi connectivity index (χ1) is 17.7. The van der Waals surface area contributed by atoms with Crippen molar-refractivity contribution in [3.8, 4) is 5.75 Å². The van der Waals surface area contributed by atoms with E-state index in [0.29, 0.717) is 23.4 Å². The molecule has 0 saturated carbocycles. The van der Waals surface area contributed by atoms with Crippen molar-refractivity contribution in [2.45, 2.75) is 31.5 Å². The predicted molar refractivity (Wildman–Crippen MR) is 144 cm³/mol. The SMILES string of the molecule is NC(=O)COc1cccc(CC(=O)N[C@@H](Cc2cc(F)cc(F)c2)[C@H](O)CNCc2cccc(I)c2)c1. The van der Waals surface area contributed by atoms with E-state index in [1.807, 2.05) is 24.3 Å². The third-order valence-electron chi connectivity index (χ3n) is 5.40. The number of primary amides is 1. The highest BCUT2D eigenvalue weighted by Crippen LogP contribution is 2.15. The number of halogens is 3. The molecule has 5 N–H and O–H groups in total. The zero-order chi connectivity index (χ0) is 26.8. The molecule has 3 aromatic rings. The number of carbonyl (C=O) groups is 2. The molecule has 7 nitrogen and oxygen atoms in total. The second-order valence-electron chi connectivity index (χ2n) is 8.56. The van der Waals surface area contributed by atoms with Crippen LogP contribution in [0.2, 0.25) is 0 Å². The predicted octanol–water partition coefficient (Wildman–Crippen LogP) is 2.85. The Morgan fingerprint density at radius 3 is 2.38 bits per heavy atom. The van der Waals surface area contributed by atoms with Crippen LogP contribution in [0.15, 0.2) is 66.7 Å². The molecule has 0 aliphatic carbocycles. The average Bonchev–Trinajstić information content (AvgIpc) is 2.82. The van der Waals surface area contributed by atoms with E-state index in [1.165, 1.54) is 12.1 Å². The molecular formula is C27H28F2IN3O4. The average molecular weight is 623 g/mol. The quantitative estimate of drug-likeness (QED) is 0.219. The van der Waals surface area contributed by atoms with Crippen LogP contribution in [0.5, 0.6) is 5.75 Å². The van der Waals surface area contributed by atoms with Crippen LogP contribution in [0, 0.1) is 15.2 Å². The number of ether oxygens (including phenoxy) is 1. The number of hydrogen-bond donors (Lipinski definition) is 4. The normalized spacial score (nSPS) is 12.5. The largest absolute Gasteiger partial charge is 0.484 e. The lowest BCUT2D eigenvalue weighted by Gasteiger charge is -2.25. The second-order valence-corrected chi connectivity index (χ2v) is 9.81. The molecule has 0 radical (unpaired) electrons. The second kappa shape index (κ2) is 14.0. The van der Waals surface area contributed by atoms with Gasteiger partial charge in [0.15, 0.2) is 6.61 Å². The number of hydrogen-bond acceptors (Lipinski definition) is 5. The Morgan fingerprint density at radius 1 is 0.973 bits per heavy atom. The minimum atomic E-state index is -1.04. The van der Waals surface area contributed by atoms with Gasteiger partial charge in [0.1, 0.15) is 17.4 Å². The van der Waals surface area contributed by atoms with Gasteiger partial charge in [0.2, 0.25) is 5.91 Å². The van der Waals surface area contributed by atoms with Crippen molar-refractivity contribution in [1.82, 2.24) is 10.6 Å². The van der Waals surface area contributed by atoms with Crippen LogP contribution in [0.3, 0.4) is 0 Å². The zero-order valence-corrected chi connectivity index (χ0v) is 22.1. The Morgan fingerprint density at radius 2 is 1.68 bits per heavy atom. The lowest BCUT2D eigenvalue weighted by atomic mass is 10.00. The molecule has 0 bridgehead atoms. The van der Waals surface area contributed by atoms with Gasteiger partial charge in [0.25, 0.3) is 5.91 Å². The van der Waals surface area contributed by atoms with Crippen LogP contribution in [0.1, 0.15) is 16.7 Å². The Bertz CT molecular complexity index is 1210. The van der Waals surface area contributed by atoms with Gasteiger partial charge >= 0.3 is 0 Å². The first kappa shape index (κ1) is 28.5. The van der Waals surface area contributed by atoms with Crippen LogP contribution >= 0.6 is 22.6 Å². The highest BCUT2D eigenvalue weighted by Gasteiger charge is 2.22. The molecule has 3 aromatic carbocycles. The number of nitrogens with two attached hydrogens (primary N) is 1. The Kier molecular flexibility index (Phi) is 10.8. The van der Waals surface area contributed by atoms with Gasteiger partial charge in [-0.15, -0.1) is 0 Å². The number of rotatable bonds is 13. The molecule has 3 rings (SSSR count). The van der Waals surface area contributed by atoms with Gasteiger partial charge in [-0.3, -0.25) is 9.59 Å². The monoisotopic (exact) mass is 623 g/mol. The molecule has 0 aliphatic rings. The maximum Gasteiger partial charge on any atom is 0.255 e. The highest BCUT2D eigenvalue weighted by molar-refractivity contribution is 14.1. The topological polar surface area (TPSA) is 114 Å². The number of aliphatic hydroxyl groups is 1. The van der Waals surface area contributed by atoms with E-state index in [4.69, 9.17) is 10.5 Å². The number of carbonyl (C=O) groups excluding carboxylic acids is 2. The first-order valence-electron chi connectivity index (χ1n) is 11.6. The van der Waals surface area contributed by atoms with Crippen molar-refractivity contribution < 1.29 is 28.2 Å². The smallest absolute Gasteiger partial charge is 0.255 e. The molecule has 196 valence electrons. The van der Waals surface area contributed by atoms with Crippen molar-refractivity contribution in [1.29, 1.82) is 0 Å². The van der Waals surface area contributed by atoms with Crippen molar-refractivity contribution >= 4 is 34.4 Å². The van der Waals surface area contributed by atoms with Crippen molar-refractivity contribution in [3.05, 3.63) is 98.6 Å². The van der Waals surface area contributed by atoms with Crippen LogP contribution in [-0.2, 0) is 29.0 Å². The Hall–Kier alpha value is -3.09. The van der Waals surface area contributed by atoms with Gasteiger partial charge in [0, 0.05) is 22.7 Å². The maximum absolute atomic E-state index is 13.8. The molecular weight excluding hydrogens is 595 g/mol. The lowest BCUT2D eigenvalue weighted by molar-refractivity contribution is -0.122. The maximum atomic E-state index is 13.8. The van der Waals surface area contributed by atoms with Crippen molar-refractivity contribution in [2.75, 3.05) is 13.2 Å². The van der Waals surface area contributed by atoms with Gasteiger partial charge in [-0.05, 0) is 82.1 Å². The summed E-state index contributed by atoms with van der Waals surface area (Å²) in [6.45, 7) is 0.356. The van der Waals surface area contributed by atoms with Crippen LogP contribution in [0.4, 0.5) is 8.78 Å². The molecule has 0 heterocycles. The van der Waals surface area contributed by atoms with Crippen molar-refractivity contribution in [3.63, 3.8) is 0 Å². The number of nitrogens with one attached hydrogen (secondary N) is 2. The summed E-state index contributed by atoms with van der Waals surface area (Å²) >= 11 is 2.22. The van der Waals surface area contributed by atoms with E-state index < -0.39 is 35.6 Å². The fourth-order valence-electron chi connectivity index (χ4n) is 3.76. The summed E-state index contributed by atoms with van der Waals surface area (Å²) in [6.07, 6.45) is -1.05. The summed E-state index contributed by atoms with van der Waals surface area (Å²) in [5.74, 6) is -2.11. The fourth-order valence-corrected chi connectivity index (χ4v) is 4.37. The van der Waals surface area contributed by atoms with Gasteiger partial charge in [-0.25, -0.2) is 8.78 Å². The summed E-state index contributed by atoms with van der Waals surface area (Å²) < 4.78 is 33.9. The summed E-state index contributed by atoms with van der Waals surface area (Å²) in [6, 6.07) is 16.8. The van der Waals surface area contributed by atoms with Crippen molar-refractivity contribution in [2.24, 2.45) is 5.73 Å². The number of aliphatic hydroxyl groups excluding tert-OH is 1. The van der Waals surface area contributed by atoms with Gasteiger partial charge in [-0.1, -0.05) is 24.3 Å². The van der Waals surface area contributed by atoms with Crippen LogP contribution < -0.4 is 21.1 Å². The summed E-state index contributed by atoms with van der Waals surface area (Å²) in [4.78, 5) is 23.8. The van der Waals surface area contributed by atoms with Gasteiger partial charge < -0.3 is 26.2 Å². The molecule has 0 aliphatic heterocycles. The number of benzene rings is 3. The number of amides is 2. The zero-order valence-electron chi connectivity index (χ0n) is 19.9. The molecule has 2 amide bonds. The minimum Gasteiger partial charge on any atom is -0.484 e. The third-order valence-corrected chi connectivity index (χ3v) is 6.08. The minimum absolute atomic E-state index is 0.0221. The highest BCUT2D eigenvalue weighted by atomic mass is 127. The van der Waals surface area contributed by atoms with Crippen LogP contribution in [-0.4, -0.2) is 42.2 Å². The molecule has 0 spiro atoms. The third kappa shape index (κ3) is 10.1. The molecule has 0 fully saturated rings. The van der Waals surface area contributed by atoms with E-state index in [1.54, 1.807) is 24.3 Å². The van der Waals surface area contributed by atoms with E-state index in [2.05, 4.69) is 33.2 Å². The molecule has 37 heavy (non-hydrogen) atoms. The van der Waals surface area contributed by atoms with Crippen LogP contribution in [0.25, 0.3) is 0 Å². The summed E-state index contributed by atoms with van der Waals surface area (Å²) in [5.41, 5.74) is 7.05. The fraction of sp³-hybridized carbons (Fsp3) is 0.259. The molecule has 0 aromatic heterocycles.